The fraction of sp³-hybridized carbons (Fsp3) is 0.419. The van der Waals surface area contributed by atoms with Crippen molar-refractivity contribution >= 4 is 21.4 Å². The quantitative estimate of drug-likeness (QED) is 0.474. The molecule has 210 valence electrons. The summed E-state index contributed by atoms with van der Waals surface area (Å²) in [6.07, 6.45) is 6.78. The van der Waals surface area contributed by atoms with E-state index in [1.807, 2.05) is 48.7 Å². The Kier molecular flexibility index (Phi) is 7.04. The molecule has 0 radical (unpaired) electrons. The van der Waals surface area contributed by atoms with Gasteiger partial charge in [0.2, 0.25) is 5.91 Å². The highest BCUT2D eigenvalue weighted by atomic mass is 32.2. The number of benzene rings is 2. The molecule has 3 aliphatic rings. The van der Waals surface area contributed by atoms with E-state index in [4.69, 9.17) is 5.10 Å². The van der Waals surface area contributed by atoms with E-state index in [1.165, 1.54) is 0 Å². The number of anilines is 1. The van der Waals surface area contributed by atoms with Crippen LogP contribution < -0.4 is 10.2 Å². The molecule has 1 aliphatic heterocycles. The van der Waals surface area contributed by atoms with Crippen LogP contribution in [0, 0.1) is 28.6 Å². The lowest BCUT2D eigenvalue weighted by Crippen LogP contribution is -2.42. The van der Waals surface area contributed by atoms with E-state index in [0.29, 0.717) is 37.2 Å². The van der Waals surface area contributed by atoms with Crippen LogP contribution in [0.5, 0.6) is 0 Å². The molecule has 2 saturated carbocycles. The molecule has 1 amide bonds. The van der Waals surface area contributed by atoms with Gasteiger partial charge < -0.3 is 10.2 Å². The summed E-state index contributed by atoms with van der Waals surface area (Å²) < 4.78 is 25.5. The standard InChI is InChI=1S/C31H32N6O3S/c32-19-23-5-1-4-8-28(23)37-20-27(22-9-11-24(12-10-22)36-15-17-41(39,40)18-16-36)29(35-37)25-6-2-3-7-26(25)30(38)34-31(21-33)13-14-31/h1,4-5,8-12,20,25-26H,2-3,6-7,13-18H2,(H,34,38). The van der Waals surface area contributed by atoms with Gasteiger partial charge in [-0.15, -0.1) is 0 Å². The number of rotatable bonds is 6. The number of amides is 1. The summed E-state index contributed by atoms with van der Waals surface area (Å²) in [5.74, 6) is -0.194. The summed E-state index contributed by atoms with van der Waals surface area (Å²) in [6.45, 7) is 0.942. The number of nitrogens with zero attached hydrogens (tertiary/aromatic N) is 5. The number of hydrogen-bond donors (Lipinski definition) is 1. The zero-order valence-corrected chi connectivity index (χ0v) is 23.6. The topological polar surface area (TPSA) is 132 Å². The first-order chi connectivity index (χ1) is 19.8. The molecule has 2 unspecified atom stereocenters. The minimum Gasteiger partial charge on any atom is -0.369 e. The number of para-hydroxylation sites is 1. The predicted octanol–water partition coefficient (Wildman–Crippen LogP) is 4.09. The first-order valence-corrected chi connectivity index (χ1v) is 16.0. The van der Waals surface area contributed by atoms with Crippen molar-refractivity contribution in [2.75, 3.05) is 29.5 Å². The number of nitrogens with one attached hydrogen (secondary N) is 1. The number of nitriles is 2. The summed E-state index contributed by atoms with van der Waals surface area (Å²) >= 11 is 0. The second-order valence-electron chi connectivity index (χ2n) is 11.4. The molecule has 10 heteroatoms. The molecular formula is C31H32N6O3S. The van der Waals surface area contributed by atoms with Crippen LogP contribution in [0.15, 0.2) is 54.7 Å². The van der Waals surface area contributed by atoms with Crippen molar-refractivity contribution in [3.63, 3.8) is 0 Å². The molecule has 6 rings (SSSR count). The van der Waals surface area contributed by atoms with Crippen molar-refractivity contribution in [1.82, 2.24) is 15.1 Å². The third kappa shape index (κ3) is 5.45. The van der Waals surface area contributed by atoms with Gasteiger partial charge in [0.15, 0.2) is 9.84 Å². The van der Waals surface area contributed by atoms with Gasteiger partial charge in [-0.3, -0.25) is 4.79 Å². The van der Waals surface area contributed by atoms with E-state index in [-0.39, 0.29) is 29.2 Å². The molecule has 1 aromatic heterocycles. The third-order valence-corrected chi connectivity index (χ3v) is 10.3. The Morgan fingerprint density at radius 3 is 2.39 bits per heavy atom. The fourth-order valence-electron chi connectivity index (χ4n) is 6.09. The lowest BCUT2D eigenvalue weighted by Gasteiger charge is -2.31. The lowest BCUT2D eigenvalue weighted by atomic mass is 9.75. The van der Waals surface area contributed by atoms with E-state index in [0.717, 1.165) is 48.2 Å². The first-order valence-electron chi connectivity index (χ1n) is 14.2. The van der Waals surface area contributed by atoms with Gasteiger partial charge in [0.1, 0.15) is 11.6 Å². The van der Waals surface area contributed by atoms with Gasteiger partial charge in [0, 0.05) is 42.4 Å². The van der Waals surface area contributed by atoms with Crippen molar-refractivity contribution in [3.05, 3.63) is 66.0 Å². The van der Waals surface area contributed by atoms with Crippen LogP contribution in [0.25, 0.3) is 16.8 Å². The van der Waals surface area contributed by atoms with Crippen molar-refractivity contribution in [3.8, 4) is 29.0 Å². The number of carbonyl (C=O) groups excluding carboxylic acids is 1. The van der Waals surface area contributed by atoms with E-state index in [1.54, 1.807) is 10.7 Å². The second kappa shape index (κ2) is 10.7. The average Bonchev–Trinajstić information content (AvgIpc) is 3.63. The molecule has 1 N–H and O–H groups in total. The predicted molar refractivity (Wildman–Crippen MR) is 155 cm³/mol. The van der Waals surface area contributed by atoms with E-state index in [2.05, 4.69) is 22.4 Å². The highest BCUT2D eigenvalue weighted by molar-refractivity contribution is 7.91. The van der Waals surface area contributed by atoms with Crippen molar-refractivity contribution in [1.29, 1.82) is 10.5 Å². The molecule has 3 aromatic rings. The van der Waals surface area contributed by atoms with Gasteiger partial charge >= 0.3 is 0 Å². The van der Waals surface area contributed by atoms with Gasteiger partial charge in [-0.25, -0.2) is 13.1 Å². The largest absolute Gasteiger partial charge is 0.369 e. The van der Waals surface area contributed by atoms with Crippen molar-refractivity contribution < 1.29 is 13.2 Å². The number of aromatic nitrogens is 2. The summed E-state index contributed by atoms with van der Waals surface area (Å²) in [4.78, 5) is 15.6. The summed E-state index contributed by atoms with van der Waals surface area (Å²) in [7, 11) is -2.97. The minimum atomic E-state index is -2.97. The highest BCUT2D eigenvalue weighted by Crippen LogP contribution is 2.43. The van der Waals surface area contributed by atoms with Gasteiger partial charge in [0.05, 0.1) is 34.5 Å². The molecule has 0 spiro atoms. The molecule has 0 bridgehead atoms. The molecule has 2 heterocycles. The molecule has 2 atom stereocenters. The number of carbonyl (C=O) groups is 1. The smallest absolute Gasteiger partial charge is 0.225 e. The number of sulfone groups is 1. The Balaban J connectivity index is 1.37. The van der Waals surface area contributed by atoms with E-state index >= 15 is 0 Å². The zero-order chi connectivity index (χ0) is 28.6. The zero-order valence-electron chi connectivity index (χ0n) is 22.8. The number of hydrogen-bond acceptors (Lipinski definition) is 7. The van der Waals surface area contributed by atoms with Crippen LogP contribution in [0.2, 0.25) is 0 Å². The summed E-state index contributed by atoms with van der Waals surface area (Å²) in [6, 6.07) is 19.9. The van der Waals surface area contributed by atoms with Gasteiger partial charge in [-0.2, -0.15) is 15.6 Å². The van der Waals surface area contributed by atoms with E-state index < -0.39 is 15.4 Å². The third-order valence-electron chi connectivity index (χ3n) is 8.68. The molecule has 41 heavy (non-hydrogen) atoms. The average molecular weight is 569 g/mol. The maximum absolute atomic E-state index is 13.5. The van der Waals surface area contributed by atoms with Gasteiger partial charge in [0.25, 0.3) is 0 Å². The normalized spacial score (nSPS) is 22.7. The maximum Gasteiger partial charge on any atom is 0.225 e. The van der Waals surface area contributed by atoms with Crippen LogP contribution in [0.1, 0.15) is 55.7 Å². The van der Waals surface area contributed by atoms with Crippen molar-refractivity contribution in [2.45, 2.75) is 50.0 Å². The monoisotopic (exact) mass is 568 g/mol. The van der Waals surface area contributed by atoms with Crippen LogP contribution in [0.4, 0.5) is 5.69 Å². The Bertz CT molecular complexity index is 1650. The Hall–Kier alpha value is -4.15. The Labute approximate surface area is 240 Å². The highest BCUT2D eigenvalue weighted by Gasteiger charge is 2.47. The Morgan fingerprint density at radius 2 is 1.71 bits per heavy atom. The first kappa shape index (κ1) is 27.0. The lowest BCUT2D eigenvalue weighted by molar-refractivity contribution is -0.127. The molecule has 1 saturated heterocycles. The van der Waals surface area contributed by atoms with Crippen LogP contribution in [-0.2, 0) is 14.6 Å². The molecule has 3 fully saturated rings. The van der Waals surface area contributed by atoms with E-state index in [9.17, 15) is 23.7 Å². The fourth-order valence-corrected chi connectivity index (χ4v) is 7.29. The molecule has 2 aromatic carbocycles. The summed E-state index contributed by atoms with van der Waals surface area (Å²) in [5.41, 5.74) is 4.07. The van der Waals surface area contributed by atoms with Gasteiger partial charge in [-0.05, 0) is 55.5 Å². The Morgan fingerprint density at radius 1 is 1.00 bits per heavy atom. The summed E-state index contributed by atoms with van der Waals surface area (Å²) in [5, 5.41) is 27.4. The molecule has 2 aliphatic carbocycles. The minimum absolute atomic E-state index is 0.0814. The van der Waals surface area contributed by atoms with Crippen molar-refractivity contribution in [2.24, 2.45) is 5.92 Å². The SMILES string of the molecule is N#Cc1ccccc1-n1cc(-c2ccc(N3CCS(=O)(=O)CC3)cc2)c(C2CCCCC2C(=O)NC2(C#N)CC2)n1. The van der Waals surface area contributed by atoms with Gasteiger partial charge in [-0.1, -0.05) is 37.1 Å². The maximum atomic E-state index is 13.5. The van der Waals surface area contributed by atoms with Crippen LogP contribution in [-0.4, -0.2) is 54.2 Å². The second-order valence-corrected chi connectivity index (χ2v) is 13.7. The molecular weight excluding hydrogens is 536 g/mol. The van der Waals surface area contributed by atoms with Crippen LogP contribution in [0.3, 0.4) is 0 Å². The molecule has 9 nitrogen and oxygen atoms in total. The van der Waals surface area contributed by atoms with Crippen LogP contribution >= 0.6 is 0 Å².